The first-order chi connectivity index (χ1) is 9.86. The molecular formula is C15H24N2O3S. The molecule has 5 nitrogen and oxygen atoms in total. The van der Waals surface area contributed by atoms with Gasteiger partial charge in [0, 0.05) is 25.7 Å². The van der Waals surface area contributed by atoms with Crippen LogP contribution in [0.2, 0.25) is 0 Å². The molecule has 0 aliphatic carbocycles. The second kappa shape index (κ2) is 6.44. The molecule has 1 aliphatic heterocycles. The number of piperazine rings is 1. The highest BCUT2D eigenvalue weighted by Crippen LogP contribution is 2.22. The Morgan fingerprint density at radius 3 is 2.67 bits per heavy atom. The average molecular weight is 312 g/mol. The lowest BCUT2D eigenvalue weighted by Gasteiger charge is -2.38. The second-order valence-corrected chi connectivity index (χ2v) is 7.53. The van der Waals surface area contributed by atoms with Crippen LogP contribution in [0.15, 0.2) is 29.2 Å². The molecule has 2 atom stereocenters. The SMILES string of the molecule is CCN1CCN(S(=O)(=O)c2cccc(C(C)O)c2)CC1C. The van der Waals surface area contributed by atoms with Crippen LogP contribution >= 0.6 is 0 Å². The molecule has 0 saturated carbocycles. The maximum absolute atomic E-state index is 12.7. The van der Waals surface area contributed by atoms with E-state index in [1.54, 1.807) is 35.5 Å². The summed E-state index contributed by atoms with van der Waals surface area (Å²) in [5.41, 5.74) is 0.622. The maximum Gasteiger partial charge on any atom is 0.243 e. The fourth-order valence-electron chi connectivity index (χ4n) is 2.73. The van der Waals surface area contributed by atoms with Crippen molar-refractivity contribution in [3.63, 3.8) is 0 Å². The lowest BCUT2D eigenvalue weighted by Crippen LogP contribution is -2.53. The molecule has 1 fully saturated rings. The van der Waals surface area contributed by atoms with Crippen molar-refractivity contribution in [1.29, 1.82) is 0 Å². The number of rotatable bonds is 4. The molecule has 2 rings (SSSR count). The molecule has 1 heterocycles. The second-order valence-electron chi connectivity index (χ2n) is 5.59. The van der Waals surface area contributed by atoms with E-state index in [4.69, 9.17) is 0 Å². The minimum absolute atomic E-state index is 0.221. The predicted molar refractivity (Wildman–Crippen MR) is 82.5 cm³/mol. The van der Waals surface area contributed by atoms with Crippen LogP contribution in [-0.2, 0) is 10.0 Å². The molecule has 1 aromatic carbocycles. The monoisotopic (exact) mass is 312 g/mol. The smallest absolute Gasteiger partial charge is 0.243 e. The zero-order chi connectivity index (χ0) is 15.6. The standard InChI is InChI=1S/C15H24N2O3S/c1-4-16-8-9-17(11-12(16)2)21(19,20)15-7-5-6-14(10-15)13(3)18/h5-7,10,12-13,18H,4,8-9,11H2,1-3H3. The van der Waals surface area contributed by atoms with Gasteiger partial charge in [-0.2, -0.15) is 4.31 Å². The number of likely N-dealkylation sites (N-methyl/N-ethyl adjacent to an activating group) is 1. The van der Waals surface area contributed by atoms with Crippen molar-refractivity contribution in [1.82, 2.24) is 9.21 Å². The Morgan fingerprint density at radius 2 is 2.10 bits per heavy atom. The summed E-state index contributed by atoms with van der Waals surface area (Å²) >= 11 is 0. The quantitative estimate of drug-likeness (QED) is 0.914. The fourth-order valence-corrected chi connectivity index (χ4v) is 4.30. The van der Waals surface area contributed by atoms with Gasteiger partial charge in [0.25, 0.3) is 0 Å². The van der Waals surface area contributed by atoms with Crippen LogP contribution in [0, 0.1) is 0 Å². The topological polar surface area (TPSA) is 60.9 Å². The summed E-state index contributed by atoms with van der Waals surface area (Å²) in [6.45, 7) is 8.49. The zero-order valence-corrected chi connectivity index (χ0v) is 13.7. The third-order valence-electron chi connectivity index (χ3n) is 4.11. The summed E-state index contributed by atoms with van der Waals surface area (Å²) in [4.78, 5) is 2.54. The van der Waals surface area contributed by atoms with E-state index in [1.165, 1.54) is 0 Å². The molecule has 1 aromatic rings. The Labute approximate surface area is 127 Å². The number of sulfonamides is 1. The zero-order valence-electron chi connectivity index (χ0n) is 12.9. The Bertz CT molecular complexity index is 586. The lowest BCUT2D eigenvalue weighted by molar-refractivity contribution is 0.135. The fraction of sp³-hybridized carbons (Fsp3) is 0.600. The van der Waals surface area contributed by atoms with Gasteiger partial charge in [0.15, 0.2) is 0 Å². The van der Waals surface area contributed by atoms with Gasteiger partial charge in [-0.25, -0.2) is 8.42 Å². The van der Waals surface area contributed by atoms with E-state index in [0.29, 0.717) is 18.7 Å². The summed E-state index contributed by atoms with van der Waals surface area (Å²) in [5, 5.41) is 9.62. The van der Waals surface area contributed by atoms with Crippen molar-refractivity contribution in [3.05, 3.63) is 29.8 Å². The molecule has 1 aliphatic rings. The first-order valence-electron chi connectivity index (χ1n) is 7.38. The number of aliphatic hydroxyl groups excluding tert-OH is 1. The molecule has 118 valence electrons. The third-order valence-corrected chi connectivity index (χ3v) is 5.97. The average Bonchev–Trinajstić information content (AvgIpc) is 2.47. The molecule has 0 aromatic heterocycles. The van der Waals surface area contributed by atoms with E-state index >= 15 is 0 Å². The van der Waals surface area contributed by atoms with Gasteiger partial charge in [-0.15, -0.1) is 0 Å². The van der Waals surface area contributed by atoms with Crippen molar-refractivity contribution < 1.29 is 13.5 Å². The minimum atomic E-state index is -3.49. The van der Waals surface area contributed by atoms with Crippen LogP contribution < -0.4 is 0 Å². The van der Waals surface area contributed by atoms with Gasteiger partial charge < -0.3 is 5.11 Å². The predicted octanol–water partition coefficient (Wildman–Crippen LogP) is 1.45. The first-order valence-corrected chi connectivity index (χ1v) is 8.82. The Kier molecular flexibility index (Phi) is 5.03. The van der Waals surface area contributed by atoms with Gasteiger partial charge in [-0.3, -0.25) is 4.90 Å². The van der Waals surface area contributed by atoms with Crippen LogP contribution in [-0.4, -0.2) is 55.0 Å². The van der Waals surface area contributed by atoms with E-state index < -0.39 is 16.1 Å². The van der Waals surface area contributed by atoms with E-state index in [0.717, 1.165) is 13.1 Å². The van der Waals surface area contributed by atoms with Gasteiger partial charge >= 0.3 is 0 Å². The van der Waals surface area contributed by atoms with Crippen molar-refractivity contribution >= 4 is 10.0 Å². The summed E-state index contributed by atoms with van der Waals surface area (Å²) in [7, 11) is -3.49. The number of hydrogen-bond acceptors (Lipinski definition) is 4. The molecular weight excluding hydrogens is 288 g/mol. The highest BCUT2D eigenvalue weighted by molar-refractivity contribution is 7.89. The molecule has 21 heavy (non-hydrogen) atoms. The van der Waals surface area contributed by atoms with Crippen molar-refractivity contribution in [2.24, 2.45) is 0 Å². The number of aliphatic hydroxyl groups is 1. The van der Waals surface area contributed by atoms with Crippen LogP contribution in [0.4, 0.5) is 0 Å². The first kappa shape index (κ1) is 16.4. The summed E-state index contributed by atoms with van der Waals surface area (Å²) in [6, 6.07) is 6.80. The van der Waals surface area contributed by atoms with E-state index in [-0.39, 0.29) is 10.9 Å². The lowest BCUT2D eigenvalue weighted by atomic mass is 10.1. The molecule has 1 N–H and O–H groups in total. The molecule has 0 radical (unpaired) electrons. The number of nitrogens with zero attached hydrogens (tertiary/aromatic N) is 2. The highest BCUT2D eigenvalue weighted by Gasteiger charge is 2.31. The van der Waals surface area contributed by atoms with E-state index in [9.17, 15) is 13.5 Å². The molecule has 6 heteroatoms. The summed E-state index contributed by atoms with van der Waals surface area (Å²) in [6.07, 6.45) is -0.670. The van der Waals surface area contributed by atoms with Crippen molar-refractivity contribution in [3.8, 4) is 0 Å². The molecule has 2 unspecified atom stereocenters. The Hall–Kier alpha value is -0.950. The molecule has 0 bridgehead atoms. The highest BCUT2D eigenvalue weighted by atomic mass is 32.2. The van der Waals surface area contributed by atoms with Gasteiger partial charge in [-0.05, 0) is 38.1 Å². The van der Waals surface area contributed by atoms with Crippen molar-refractivity contribution in [2.45, 2.75) is 37.8 Å². The Balaban J connectivity index is 2.24. The molecule has 1 saturated heterocycles. The van der Waals surface area contributed by atoms with Gasteiger partial charge in [-0.1, -0.05) is 19.1 Å². The summed E-state index contributed by atoms with van der Waals surface area (Å²) < 4.78 is 27.0. The van der Waals surface area contributed by atoms with E-state index in [1.807, 2.05) is 0 Å². The van der Waals surface area contributed by atoms with Crippen LogP contribution in [0.1, 0.15) is 32.4 Å². The van der Waals surface area contributed by atoms with Gasteiger partial charge in [0.05, 0.1) is 11.0 Å². The van der Waals surface area contributed by atoms with Crippen LogP contribution in [0.5, 0.6) is 0 Å². The maximum atomic E-state index is 12.7. The summed E-state index contributed by atoms with van der Waals surface area (Å²) in [5.74, 6) is 0. The molecule has 0 amide bonds. The van der Waals surface area contributed by atoms with Crippen LogP contribution in [0.25, 0.3) is 0 Å². The normalized spacial score (nSPS) is 23.1. The number of hydrogen-bond donors (Lipinski definition) is 1. The third kappa shape index (κ3) is 3.45. The van der Waals surface area contributed by atoms with Crippen molar-refractivity contribution in [2.75, 3.05) is 26.2 Å². The minimum Gasteiger partial charge on any atom is -0.389 e. The van der Waals surface area contributed by atoms with E-state index in [2.05, 4.69) is 18.7 Å². The Morgan fingerprint density at radius 1 is 1.38 bits per heavy atom. The molecule has 0 spiro atoms. The van der Waals surface area contributed by atoms with Gasteiger partial charge in [0.1, 0.15) is 0 Å². The van der Waals surface area contributed by atoms with Gasteiger partial charge in [0.2, 0.25) is 10.0 Å². The number of benzene rings is 1. The largest absolute Gasteiger partial charge is 0.389 e. The van der Waals surface area contributed by atoms with Crippen LogP contribution in [0.3, 0.4) is 0 Å².